The van der Waals surface area contributed by atoms with E-state index in [9.17, 15) is 0 Å². The molecule has 1 aliphatic rings. The standard InChI is InChI=1S/C12H20N4/c1-15(2)12(16(3)4)14-11-8-6-5-7-10(11)9-13/h5-8H2,1-4H3. The highest BCUT2D eigenvalue weighted by Gasteiger charge is 2.14. The molecule has 0 amide bonds. The lowest BCUT2D eigenvalue weighted by atomic mass is 9.97. The van der Waals surface area contributed by atoms with Gasteiger partial charge in [-0.3, -0.25) is 0 Å². The number of aliphatic imine (C=N–C) groups is 1. The molecule has 0 aromatic rings. The number of allylic oxidation sites excluding steroid dienone is 2. The second-order valence-corrected chi connectivity index (χ2v) is 4.44. The summed E-state index contributed by atoms with van der Waals surface area (Å²) < 4.78 is 0. The third-order valence-corrected chi connectivity index (χ3v) is 2.61. The lowest BCUT2D eigenvalue weighted by Crippen LogP contribution is -2.35. The molecule has 0 N–H and O–H groups in total. The lowest BCUT2D eigenvalue weighted by Gasteiger charge is -2.24. The molecule has 4 nitrogen and oxygen atoms in total. The average Bonchev–Trinajstić information content (AvgIpc) is 2.25. The van der Waals surface area contributed by atoms with Crippen LogP contribution in [0, 0.1) is 11.3 Å². The summed E-state index contributed by atoms with van der Waals surface area (Å²) in [5.74, 6) is 0.893. The maximum atomic E-state index is 9.05. The van der Waals surface area contributed by atoms with Crippen LogP contribution in [0.4, 0.5) is 0 Å². The molecule has 0 radical (unpaired) electrons. The van der Waals surface area contributed by atoms with Crippen molar-refractivity contribution in [2.24, 2.45) is 4.99 Å². The van der Waals surface area contributed by atoms with Crippen LogP contribution in [0.3, 0.4) is 0 Å². The SMILES string of the molecule is CN(C)C(=NC1=C(C#N)CCCC1)N(C)C. The third-order valence-electron chi connectivity index (χ3n) is 2.61. The highest BCUT2D eigenvalue weighted by Crippen LogP contribution is 2.25. The van der Waals surface area contributed by atoms with Gasteiger partial charge in [0.05, 0.1) is 17.3 Å². The van der Waals surface area contributed by atoms with Crippen LogP contribution in [0.15, 0.2) is 16.3 Å². The molecule has 0 unspecified atom stereocenters. The fourth-order valence-electron chi connectivity index (χ4n) is 1.85. The van der Waals surface area contributed by atoms with Crippen LogP contribution in [0.5, 0.6) is 0 Å². The van der Waals surface area contributed by atoms with Crippen molar-refractivity contribution < 1.29 is 0 Å². The largest absolute Gasteiger partial charge is 0.349 e. The molecule has 88 valence electrons. The van der Waals surface area contributed by atoms with E-state index in [-0.39, 0.29) is 0 Å². The van der Waals surface area contributed by atoms with Crippen LogP contribution in [0.25, 0.3) is 0 Å². The van der Waals surface area contributed by atoms with Crippen LogP contribution in [0.1, 0.15) is 25.7 Å². The van der Waals surface area contributed by atoms with Gasteiger partial charge >= 0.3 is 0 Å². The van der Waals surface area contributed by atoms with E-state index in [0.29, 0.717) is 0 Å². The van der Waals surface area contributed by atoms with Gasteiger partial charge in [0, 0.05) is 28.2 Å². The molecule has 0 fully saturated rings. The molecule has 0 spiro atoms. The van der Waals surface area contributed by atoms with Gasteiger partial charge in [0.25, 0.3) is 0 Å². The van der Waals surface area contributed by atoms with Gasteiger partial charge in [0.15, 0.2) is 5.96 Å². The van der Waals surface area contributed by atoms with Gasteiger partial charge in [-0.2, -0.15) is 5.26 Å². The fraction of sp³-hybridized carbons (Fsp3) is 0.667. The second-order valence-electron chi connectivity index (χ2n) is 4.44. The Balaban J connectivity index is 3.03. The van der Waals surface area contributed by atoms with E-state index in [0.717, 1.165) is 42.9 Å². The molecule has 0 atom stereocenters. The first-order valence-electron chi connectivity index (χ1n) is 5.61. The fourth-order valence-corrected chi connectivity index (χ4v) is 1.85. The molecular formula is C12H20N4. The molecule has 0 saturated heterocycles. The minimum atomic E-state index is 0.854. The van der Waals surface area contributed by atoms with Crippen molar-refractivity contribution in [3.63, 3.8) is 0 Å². The molecule has 1 rings (SSSR count). The van der Waals surface area contributed by atoms with Crippen molar-refractivity contribution in [1.29, 1.82) is 5.26 Å². The van der Waals surface area contributed by atoms with Crippen molar-refractivity contribution in [2.75, 3.05) is 28.2 Å². The molecule has 16 heavy (non-hydrogen) atoms. The smallest absolute Gasteiger partial charge is 0.200 e. The number of nitrogens with zero attached hydrogens (tertiary/aromatic N) is 4. The van der Waals surface area contributed by atoms with Gasteiger partial charge < -0.3 is 9.80 Å². The van der Waals surface area contributed by atoms with Crippen molar-refractivity contribution in [2.45, 2.75) is 25.7 Å². The predicted molar refractivity (Wildman–Crippen MR) is 65.9 cm³/mol. The summed E-state index contributed by atoms with van der Waals surface area (Å²) in [6.07, 6.45) is 4.05. The maximum absolute atomic E-state index is 9.05. The van der Waals surface area contributed by atoms with Gasteiger partial charge in [-0.15, -0.1) is 0 Å². The van der Waals surface area contributed by atoms with E-state index in [2.05, 4.69) is 11.1 Å². The predicted octanol–water partition coefficient (Wildman–Crippen LogP) is 1.82. The molecule has 0 heterocycles. The number of nitriles is 1. The molecule has 0 bridgehead atoms. The Labute approximate surface area is 97.9 Å². The summed E-state index contributed by atoms with van der Waals surface area (Å²) >= 11 is 0. The Hall–Kier alpha value is -1.50. The van der Waals surface area contributed by atoms with Gasteiger partial charge in [0.1, 0.15) is 0 Å². The highest BCUT2D eigenvalue weighted by molar-refractivity contribution is 5.80. The minimum absolute atomic E-state index is 0.854. The quantitative estimate of drug-likeness (QED) is 0.500. The molecule has 0 saturated carbocycles. The minimum Gasteiger partial charge on any atom is -0.349 e. The zero-order valence-electron chi connectivity index (χ0n) is 10.6. The van der Waals surface area contributed by atoms with Gasteiger partial charge in [-0.25, -0.2) is 4.99 Å². The zero-order valence-corrected chi connectivity index (χ0v) is 10.6. The summed E-state index contributed by atoms with van der Waals surface area (Å²) in [7, 11) is 7.87. The Morgan fingerprint density at radius 2 is 1.69 bits per heavy atom. The number of hydrogen-bond acceptors (Lipinski definition) is 2. The first-order chi connectivity index (χ1) is 7.56. The summed E-state index contributed by atoms with van der Waals surface area (Å²) in [6, 6.07) is 2.27. The molecule has 0 aromatic heterocycles. The highest BCUT2D eigenvalue weighted by atomic mass is 15.3. The van der Waals surface area contributed by atoms with E-state index in [4.69, 9.17) is 5.26 Å². The van der Waals surface area contributed by atoms with Gasteiger partial charge in [0.2, 0.25) is 0 Å². The van der Waals surface area contributed by atoms with Crippen molar-refractivity contribution >= 4 is 5.96 Å². The normalized spacial score (nSPS) is 15.4. The topological polar surface area (TPSA) is 42.6 Å². The maximum Gasteiger partial charge on any atom is 0.200 e. The van der Waals surface area contributed by atoms with E-state index in [1.54, 1.807) is 0 Å². The third kappa shape index (κ3) is 2.99. The van der Waals surface area contributed by atoms with Gasteiger partial charge in [-0.05, 0) is 25.7 Å². The Kier molecular flexibility index (Phi) is 4.36. The molecule has 0 aliphatic heterocycles. The Bertz CT molecular complexity index is 335. The van der Waals surface area contributed by atoms with Crippen LogP contribution in [-0.2, 0) is 0 Å². The summed E-state index contributed by atoms with van der Waals surface area (Å²) in [5, 5.41) is 9.05. The monoisotopic (exact) mass is 220 g/mol. The molecular weight excluding hydrogens is 200 g/mol. The Morgan fingerprint density at radius 3 is 2.19 bits per heavy atom. The average molecular weight is 220 g/mol. The zero-order chi connectivity index (χ0) is 12.1. The summed E-state index contributed by atoms with van der Waals surface area (Å²) in [4.78, 5) is 8.55. The van der Waals surface area contributed by atoms with Gasteiger partial charge in [-0.1, -0.05) is 0 Å². The number of guanidine groups is 1. The Morgan fingerprint density at radius 1 is 1.12 bits per heavy atom. The summed E-state index contributed by atoms with van der Waals surface area (Å²) in [6.45, 7) is 0. The van der Waals surface area contributed by atoms with Crippen LogP contribution in [-0.4, -0.2) is 44.0 Å². The van der Waals surface area contributed by atoms with E-state index >= 15 is 0 Å². The first-order valence-corrected chi connectivity index (χ1v) is 5.61. The summed E-state index contributed by atoms with van der Waals surface area (Å²) in [5.41, 5.74) is 1.82. The van der Waals surface area contributed by atoms with Crippen molar-refractivity contribution in [3.8, 4) is 6.07 Å². The van der Waals surface area contributed by atoms with Crippen LogP contribution < -0.4 is 0 Å². The van der Waals surface area contributed by atoms with E-state index < -0.39 is 0 Å². The van der Waals surface area contributed by atoms with Crippen LogP contribution >= 0.6 is 0 Å². The van der Waals surface area contributed by atoms with E-state index in [1.165, 1.54) is 0 Å². The van der Waals surface area contributed by atoms with Crippen molar-refractivity contribution in [1.82, 2.24) is 9.80 Å². The van der Waals surface area contributed by atoms with Crippen LogP contribution in [0.2, 0.25) is 0 Å². The number of hydrogen-bond donors (Lipinski definition) is 0. The van der Waals surface area contributed by atoms with Crippen molar-refractivity contribution in [3.05, 3.63) is 11.3 Å². The lowest BCUT2D eigenvalue weighted by molar-refractivity contribution is 0.481. The number of rotatable bonds is 1. The molecule has 0 aromatic carbocycles. The second kappa shape index (κ2) is 5.55. The van der Waals surface area contributed by atoms with E-state index in [1.807, 2.05) is 38.0 Å². The molecule has 4 heteroatoms. The molecule has 1 aliphatic carbocycles. The first kappa shape index (κ1) is 12.6.